The van der Waals surface area contributed by atoms with E-state index in [0.717, 1.165) is 5.56 Å². The number of carbonyl (C=O) groups is 2. The molecule has 0 radical (unpaired) electrons. The summed E-state index contributed by atoms with van der Waals surface area (Å²) in [5.41, 5.74) is 8.07. The van der Waals surface area contributed by atoms with Crippen molar-refractivity contribution in [2.45, 2.75) is 13.5 Å². The minimum absolute atomic E-state index is 0. The summed E-state index contributed by atoms with van der Waals surface area (Å²) in [6, 6.07) is 5.16. The number of anilines is 2. The van der Waals surface area contributed by atoms with Gasteiger partial charge >= 0.3 is 0 Å². The van der Waals surface area contributed by atoms with Crippen LogP contribution in [-0.2, 0) is 16.1 Å². The maximum Gasteiger partial charge on any atom is 0.256 e. The molecular weight excluding hydrogens is 346 g/mol. The highest BCUT2D eigenvalue weighted by Crippen LogP contribution is 2.15. The first kappa shape index (κ1) is 20.5. The molecule has 1 heterocycles. The number of nitrogens with two attached hydrogens (primary N) is 1. The predicted molar refractivity (Wildman–Crippen MR) is 97.9 cm³/mol. The summed E-state index contributed by atoms with van der Waals surface area (Å²) in [6.45, 7) is 2.79. The standard InChI is InChI=1S/C16H21N5O3.ClH/c1-11-3-4-12(17)7-14(11)16(23)20-13-8-19-21(9-13)10-15(22)18-5-6-24-2;/h3-4,7-9H,5-6,10,17H2,1-2H3,(H,18,22)(H,20,23);1H. The molecule has 1 aromatic heterocycles. The third kappa shape index (κ3) is 6.09. The molecule has 8 nitrogen and oxygen atoms in total. The van der Waals surface area contributed by atoms with E-state index in [1.165, 1.54) is 10.9 Å². The molecule has 0 spiro atoms. The molecule has 0 saturated heterocycles. The van der Waals surface area contributed by atoms with Gasteiger partial charge < -0.3 is 21.1 Å². The lowest BCUT2D eigenvalue weighted by molar-refractivity contribution is -0.122. The van der Waals surface area contributed by atoms with Gasteiger partial charge in [-0.05, 0) is 24.6 Å². The van der Waals surface area contributed by atoms with Crippen LogP contribution in [0.4, 0.5) is 11.4 Å². The fourth-order valence-electron chi connectivity index (χ4n) is 2.09. The molecule has 0 aliphatic heterocycles. The summed E-state index contributed by atoms with van der Waals surface area (Å²) < 4.78 is 6.31. The van der Waals surface area contributed by atoms with Crippen LogP contribution in [0, 0.1) is 6.92 Å². The van der Waals surface area contributed by atoms with Gasteiger partial charge in [0.25, 0.3) is 5.91 Å². The molecule has 0 fully saturated rings. The van der Waals surface area contributed by atoms with E-state index in [2.05, 4.69) is 15.7 Å². The summed E-state index contributed by atoms with van der Waals surface area (Å²) in [5.74, 6) is -0.455. The lowest BCUT2D eigenvalue weighted by Gasteiger charge is -2.07. The Hall–Kier alpha value is -2.58. The molecule has 2 rings (SSSR count). The SMILES string of the molecule is COCCNC(=O)Cn1cc(NC(=O)c2cc(N)ccc2C)cn1.Cl. The smallest absolute Gasteiger partial charge is 0.256 e. The monoisotopic (exact) mass is 367 g/mol. The van der Waals surface area contributed by atoms with Crippen LogP contribution in [0.3, 0.4) is 0 Å². The number of hydrogen-bond donors (Lipinski definition) is 3. The third-order valence-electron chi connectivity index (χ3n) is 3.33. The fourth-order valence-corrected chi connectivity index (χ4v) is 2.09. The summed E-state index contributed by atoms with van der Waals surface area (Å²) in [7, 11) is 1.57. The van der Waals surface area contributed by atoms with E-state index in [1.807, 2.05) is 6.92 Å². The van der Waals surface area contributed by atoms with Gasteiger partial charge in [-0.25, -0.2) is 0 Å². The van der Waals surface area contributed by atoms with Gasteiger partial charge in [-0.1, -0.05) is 6.07 Å². The first-order valence-electron chi connectivity index (χ1n) is 7.45. The van der Waals surface area contributed by atoms with Crippen molar-refractivity contribution in [1.29, 1.82) is 0 Å². The van der Waals surface area contributed by atoms with Crippen LogP contribution in [-0.4, -0.2) is 41.9 Å². The molecule has 0 saturated carbocycles. The third-order valence-corrected chi connectivity index (χ3v) is 3.33. The second-order valence-corrected chi connectivity index (χ2v) is 5.30. The molecule has 2 amide bonds. The number of benzene rings is 1. The molecule has 9 heteroatoms. The number of nitrogens with zero attached hydrogens (tertiary/aromatic N) is 2. The Morgan fingerprint density at radius 2 is 2.12 bits per heavy atom. The number of rotatable bonds is 7. The molecular formula is C16H22ClN5O3. The number of ether oxygens (including phenoxy) is 1. The van der Waals surface area contributed by atoms with E-state index in [-0.39, 0.29) is 30.8 Å². The highest BCUT2D eigenvalue weighted by molar-refractivity contribution is 6.05. The number of aromatic nitrogens is 2. The first-order valence-corrected chi connectivity index (χ1v) is 7.45. The minimum atomic E-state index is -0.274. The van der Waals surface area contributed by atoms with E-state index in [0.29, 0.717) is 30.1 Å². The van der Waals surface area contributed by atoms with Gasteiger partial charge in [-0.2, -0.15) is 5.10 Å². The van der Waals surface area contributed by atoms with E-state index >= 15 is 0 Å². The van der Waals surface area contributed by atoms with Crippen LogP contribution >= 0.6 is 12.4 Å². The number of hydrogen-bond acceptors (Lipinski definition) is 5. The molecule has 0 atom stereocenters. The molecule has 0 aliphatic rings. The normalized spacial score (nSPS) is 10.0. The largest absolute Gasteiger partial charge is 0.399 e. The van der Waals surface area contributed by atoms with Crippen LogP contribution in [0.15, 0.2) is 30.6 Å². The van der Waals surface area contributed by atoms with Gasteiger partial charge in [0.15, 0.2) is 0 Å². The van der Waals surface area contributed by atoms with Crippen LogP contribution < -0.4 is 16.4 Å². The lowest BCUT2D eigenvalue weighted by Crippen LogP contribution is -2.30. The van der Waals surface area contributed by atoms with Crippen LogP contribution in [0.5, 0.6) is 0 Å². The van der Waals surface area contributed by atoms with Crippen molar-refractivity contribution in [2.75, 3.05) is 31.3 Å². The summed E-state index contributed by atoms with van der Waals surface area (Å²) >= 11 is 0. The highest BCUT2D eigenvalue weighted by Gasteiger charge is 2.11. The number of halogens is 1. The van der Waals surface area contributed by atoms with Crippen molar-refractivity contribution < 1.29 is 14.3 Å². The molecule has 25 heavy (non-hydrogen) atoms. The number of carbonyl (C=O) groups excluding carboxylic acids is 2. The Labute approximate surface area is 152 Å². The number of nitrogens with one attached hydrogen (secondary N) is 2. The van der Waals surface area contributed by atoms with Crippen molar-refractivity contribution in [3.63, 3.8) is 0 Å². The van der Waals surface area contributed by atoms with Gasteiger partial charge in [-0.15, -0.1) is 12.4 Å². The minimum Gasteiger partial charge on any atom is -0.399 e. The zero-order valence-corrected chi connectivity index (χ0v) is 14.9. The summed E-state index contributed by atoms with van der Waals surface area (Å²) in [4.78, 5) is 24.0. The molecule has 0 aliphatic carbocycles. The van der Waals surface area contributed by atoms with Crippen molar-refractivity contribution in [3.8, 4) is 0 Å². The van der Waals surface area contributed by atoms with Crippen LogP contribution in [0.1, 0.15) is 15.9 Å². The Kier molecular flexibility index (Phi) is 7.90. The molecule has 4 N–H and O–H groups in total. The van der Waals surface area contributed by atoms with Crippen molar-refractivity contribution in [2.24, 2.45) is 0 Å². The number of methoxy groups -OCH3 is 1. The maximum atomic E-state index is 12.3. The number of nitrogen functional groups attached to an aromatic ring is 1. The zero-order chi connectivity index (χ0) is 17.5. The highest BCUT2D eigenvalue weighted by atomic mass is 35.5. The van der Waals surface area contributed by atoms with E-state index < -0.39 is 0 Å². The maximum absolute atomic E-state index is 12.3. The topological polar surface area (TPSA) is 111 Å². The van der Waals surface area contributed by atoms with Gasteiger partial charge in [-0.3, -0.25) is 14.3 Å². The van der Waals surface area contributed by atoms with Crippen molar-refractivity contribution in [3.05, 3.63) is 41.7 Å². The molecule has 2 aromatic rings. The Morgan fingerprint density at radius 1 is 1.36 bits per heavy atom. The Bertz CT molecular complexity index is 732. The quantitative estimate of drug-likeness (QED) is 0.503. The van der Waals surface area contributed by atoms with E-state index in [4.69, 9.17) is 10.5 Å². The second kappa shape index (κ2) is 9.65. The van der Waals surface area contributed by atoms with Crippen LogP contribution in [0.25, 0.3) is 0 Å². The van der Waals surface area contributed by atoms with Gasteiger partial charge in [0, 0.05) is 31.1 Å². The van der Waals surface area contributed by atoms with Crippen molar-refractivity contribution >= 4 is 35.6 Å². The van der Waals surface area contributed by atoms with Gasteiger partial charge in [0.2, 0.25) is 5.91 Å². The van der Waals surface area contributed by atoms with E-state index in [1.54, 1.807) is 31.5 Å². The fraction of sp³-hybridized carbons (Fsp3) is 0.312. The lowest BCUT2D eigenvalue weighted by atomic mass is 10.1. The van der Waals surface area contributed by atoms with E-state index in [9.17, 15) is 9.59 Å². The summed E-state index contributed by atoms with van der Waals surface area (Å²) in [6.07, 6.45) is 3.08. The number of amides is 2. The number of aryl methyl sites for hydroxylation is 1. The molecule has 0 bridgehead atoms. The molecule has 1 aromatic carbocycles. The Morgan fingerprint density at radius 3 is 2.84 bits per heavy atom. The second-order valence-electron chi connectivity index (χ2n) is 5.30. The molecule has 136 valence electrons. The summed E-state index contributed by atoms with van der Waals surface area (Å²) in [5, 5.41) is 9.49. The molecule has 0 unspecified atom stereocenters. The van der Waals surface area contributed by atoms with Crippen LogP contribution in [0.2, 0.25) is 0 Å². The first-order chi connectivity index (χ1) is 11.5. The Balaban J connectivity index is 0.00000312. The van der Waals surface area contributed by atoms with Gasteiger partial charge in [0.05, 0.1) is 18.5 Å². The van der Waals surface area contributed by atoms with Gasteiger partial charge in [0.1, 0.15) is 6.54 Å². The zero-order valence-electron chi connectivity index (χ0n) is 14.1. The van der Waals surface area contributed by atoms with Crippen molar-refractivity contribution in [1.82, 2.24) is 15.1 Å². The average Bonchev–Trinajstić information content (AvgIpc) is 2.96. The average molecular weight is 368 g/mol. The predicted octanol–water partition coefficient (Wildman–Crippen LogP) is 1.21.